The molecule has 0 amide bonds. The van der Waals surface area contributed by atoms with E-state index in [4.69, 9.17) is 39.5 Å². The molecule has 1 radical (unpaired) electrons. The molecule has 0 aromatic heterocycles. The highest BCUT2D eigenvalue weighted by atomic mass is 35.5. The van der Waals surface area contributed by atoms with Gasteiger partial charge in [0.2, 0.25) is 0 Å². The third kappa shape index (κ3) is 2.52. The van der Waals surface area contributed by atoms with Gasteiger partial charge in [-0.2, -0.15) is 0 Å². The van der Waals surface area contributed by atoms with Crippen molar-refractivity contribution in [3.8, 4) is 16.9 Å². The van der Waals surface area contributed by atoms with Gasteiger partial charge in [-0.25, -0.2) is 0 Å². The molecular formula is C13H8Cl3O. The van der Waals surface area contributed by atoms with Crippen LogP contribution < -0.4 is 4.74 Å². The quantitative estimate of drug-likeness (QED) is 0.744. The molecule has 0 fully saturated rings. The minimum absolute atomic E-state index is 0.381. The average molecular weight is 287 g/mol. The molecule has 0 saturated heterocycles. The molecule has 0 atom stereocenters. The molecule has 87 valence electrons. The number of hydrogen-bond acceptors (Lipinski definition) is 1. The molecule has 0 saturated carbocycles. The number of benzene rings is 2. The van der Waals surface area contributed by atoms with E-state index in [1.54, 1.807) is 13.2 Å². The van der Waals surface area contributed by atoms with E-state index in [1.165, 1.54) is 0 Å². The van der Waals surface area contributed by atoms with Crippen LogP contribution in [0.4, 0.5) is 0 Å². The van der Waals surface area contributed by atoms with Gasteiger partial charge in [-0.05, 0) is 12.1 Å². The summed E-state index contributed by atoms with van der Waals surface area (Å²) < 4.78 is 5.28. The number of methoxy groups -OCH3 is 1. The Balaban J connectivity index is 2.68. The van der Waals surface area contributed by atoms with Crippen molar-refractivity contribution >= 4 is 34.8 Å². The zero-order valence-electron chi connectivity index (χ0n) is 8.93. The van der Waals surface area contributed by atoms with Gasteiger partial charge in [-0.15, -0.1) is 0 Å². The summed E-state index contributed by atoms with van der Waals surface area (Å²) in [6, 6.07) is 11.9. The molecular weight excluding hydrogens is 279 g/mol. The van der Waals surface area contributed by atoms with Crippen LogP contribution >= 0.6 is 34.8 Å². The SMILES string of the molecule is COc1ccccc1-c1c(Cl)[c]c(Cl)cc1Cl. The van der Waals surface area contributed by atoms with Gasteiger partial charge >= 0.3 is 0 Å². The van der Waals surface area contributed by atoms with E-state index in [0.29, 0.717) is 26.4 Å². The van der Waals surface area contributed by atoms with Crippen molar-refractivity contribution in [1.82, 2.24) is 0 Å². The maximum Gasteiger partial charge on any atom is 0.126 e. The molecule has 0 bridgehead atoms. The van der Waals surface area contributed by atoms with Crippen LogP contribution in [-0.4, -0.2) is 7.11 Å². The van der Waals surface area contributed by atoms with Crippen molar-refractivity contribution < 1.29 is 4.74 Å². The molecule has 17 heavy (non-hydrogen) atoms. The Morgan fingerprint density at radius 1 is 1.12 bits per heavy atom. The van der Waals surface area contributed by atoms with E-state index in [2.05, 4.69) is 6.07 Å². The average Bonchev–Trinajstić information content (AvgIpc) is 2.28. The van der Waals surface area contributed by atoms with Crippen molar-refractivity contribution in [3.63, 3.8) is 0 Å². The Bertz CT molecular complexity index is 529. The lowest BCUT2D eigenvalue weighted by molar-refractivity contribution is 0.416. The summed E-state index contributed by atoms with van der Waals surface area (Å²) in [4.78, 5) is 0. The number of hydrogen-bond donors (Lipinski definition) is 0. The summed E-state index contributed by atoms with van der Waals surface area (Å²) in [7, 11) is 1.60. The Morgan fingerprint density at radius 2 is 1.82 bits per heavy atom. The van der Waals surface area contributed by atoms with Gasteiger partial charge < -0.3 is 4.74 Å². The topological polar surface area (TPSA) is 9.23 Å². The highest BCUT2D eigenvalue weighted by Crippen LogP contribution is 2.40. The van der Waals surface area contributed by atoms with Gasteiger partial charge in [0.05, 0.1) is 22.2 Å². The van der Waals surface area contributed by atoms with E-state index in [-0.39, 0.29) is 0 Å². The maximum absolute atomic E-state index is 6.15. The number of rotatable bonds is 2. The molecule has 0 aliphatic carbocycles. The van der Waals surface area contributed by atoms with Crippen LogP contribution in [0.1, 0.15) is 0 Å². The lowest BCUT2D eigenvalue weighted by Gasteiger charge is -2.11. The molecule has 0 aliphatic rings. The number of para-hydroxylation sites is 1. The zero-order valence-corrected chi connectivity index (χ0v) is 11.2. The molecule has 2 aromatic rings. The van der Waals surface area contributed by atoms with Gasteiger partial charge in [0.25, 0.3) is 0 Å². The van der Waals surface area contributed by atoms with Gasteiger partial charge in [0.1, 0.15) is 5.75 Å². The Kier molecular flexibility index (Phi) is 3.82. The second-order valence-corrected chi connectivity index (χ2v) is 4.55. The summed E-state index contributed by atoms with van der Waals surface area (Å²) in [5.41, 5.74) is 1.49. The molecule has 4 heteroatoms. The monoisotopic (exact) mass is 285 g/mol. The minimum atomic E-state index is 0.381. The van der Waals surface area contributed by atoms with Crippen molar-refractivity contribution in [3.05, 3.63) is 51.5 Å². The molecule has 0 unspecified atom stereocenters. The summed E-state index contributed by atoms with van der Waals surface area (Å²) in [5.74, 6) is 0.701. The molecule has 2 rings (SSSR count). The standard InChI is InChI=1S/C13H8Cl3O/c1-17-12-5-3-2-4-9(12)13-10(15)6-8(14)7-11(13)16/h2-6H,1H3. The second-order valence-electron chi connectivity index (χ2n) is 3.35. The van der Waals surface area contributed by atoms with E-state index < -0.39 is 0 Å². The fourth-order valence-electron chi connectivity index (χ4n) is 1.59. The van der Waals surface area contributed by atoms with E-state index >= 15 is 0 Å². The molecule has 0 N–H and O–H groups in total. The normalized spacial score (nSPS) is 10.4. The van der Waals surface area contributed by atoms with Crippen molar-refractivity contribution in [2.24, 2.45) is 0 Å². The third-order valence-electron chi connectivity index (χ3n) is 2.32. The van der Waals surface area contributed by atoms with Gasteiger partial charge in [-0.3, -0.25) is 0 Å². The first-order chi connectivity index (χ1) is 8.13. The van der Waals surface area contributed by atoms with Crippen molar-refractivity contribution in [1.29, 1.82) is 0 Å². The predicted molar refractivity (Wildman–Crippen MR) is 72.3 cm³/mol. The van der Waals surface area contributed by atoms with E-state index in [1.807, 2.05) is 24.3 Å². The highest BCUT2D eigenvalue weighted by Gasteiger charge is 2.14. The first-order valence-corrected chi connectivity index (χ1v) is 5.97. The molecule has 0 heterocycles. The zero-order chi connectivity index (χ0) is 12.4. The van der Waals surface area contributed by atoms with Crippen LogP contribution in [0.5, 0.6) is 5.75 Å². The fraction of sp³-hybridized carbons (Fsp3) is 0.0769. The largest absolute Gasteiger partial charge is 0.496 e. The molecule has 0 aliphatic heterocycles. The smallest absolute Gasteiger partial charge is 0.126 e. The second kappa shape index (κ2) is 5.18. The Labute approximate surface area is 115 Å². The summed E-state index contributed by atoms with van der Waals surface area (Å²) >= 11 is 18.1. The van der Waals surface area contributed by atoms with Crippen LogP contribution in [0.25, 0.3) is 11.1 Å². The minimum Gasteiger partial charge on any atom is -0.496 e. The van der Waals surface area contributed by atoms with E-state index in [9.17, 15) is 0 Å². The van der Waals surface area contributed by atoms with Crippen LogP contribution in [-0.2, 0) is 0 Å². The number of halogens is 3. The van der Waals surface area contributed by atoms with Crippen molar-refractivity contribution in [2.45, 2.75) is 0 Å². The van der Waals surface area contributed by atoms with Crippen LogP contribution in [0, 0.1) is 6.07 Å². The summed E-state index contributed by atoms with van der Waals surface area (Å²) in [5, 5.41) is 1.24. The first kappa shape index (κ1) is 12.6. The first-order valence-electron chi connectivity index (χ1n) is 4.83. The predicted octanol–water partition coefficient (Wildman–Crippen LogP) is 5.12. The highest BCUT2D eigenvalue weighted by molar-refractivity contribution is 6.41. The van der Waals surface area contributed by atoms with E-state index in [0.717, 1.165) is 5.56 Å². The maximum atomic E-state index is 6.15. The lowest BCUT2D eigenvalue weighted by Crippen LogP contribution is -1.89. The van der Waals surface area contributed by atoms with Crippen LogP contribution in [0.3, 0.4) is 0 Å². The third-order valence-corrected chi connectivity index (χ3v) is 3.10. The van der Waals surface area contributed by atoms with Crippen LogP contribution in [0.2, 0.25) is 15.1 Å². The van der Waals surface area contributed by atoms with Gasteiger partial charge in [0.15, 0.2) is 0 Å². The Hall–Kier alpha value is -0.890. The lowest BCUT2D eigenvalue weighted by atomic mass is 10.0. The fourth-order valence-corrected chi connectivity index (χ4v) is 2.56. The summed E-state index contributed by atoms with van der Waals surface area (Å²) in [6.07, 6.45) is 0. The molecule has 2 aromatic carbocycles. The summed E-state index contributed by atoms with van der Waals surface area (Å²) in [6.45, 7) is 0. The van der Waals surface area contributed by atoms with Gasteiger partial charge in [-0.1, -0.05) is 53.0 Å². The molecule has 1 nitrogen and oxygen atoms in total. The molecule has 0 spiro atoms. The van der Waals surface area contributed by atoms with Crippen molar-refractivity contribution in [2.75, 3.05) is 7.11 Å². The number of ether oxygens (including phenoxy) is 1. The van der Waals surface area contributed by atoms with Crippen LogP contribution in [0.15, 0.2) is 30.3 Å². The van der Waals surface area contributed by atoms with Gasteiger partial charge in [0, 0.05) is 17.2 Å². The Morgan fingerprint density at radius 3 is 2.47 bits per heavy atom.